The van der Waals surface area contributed by atoms with E-state index in [9.17, 15) is 9.59 Å². The summed E-state index contributed by atoms with van der Waals surface area (Å²) in [6.07, 6.45) is 0. The van der Waals surface area contributed by atoms with Crippen molar-refractivity contribution in [2.24, 2.45) is 0 Å². The van der Waals surface area contributed by atoms with Crippen molar-refractivity contribution in [2.45, 2.75) is 6.92 Å². The zero-order valence-corrected chi connectivity index (χ0v) is 13.1. The number of carbonyl (C=O) groups excluding carboxylic acids is 2. The van der Waals surface area contributed by atoms with Crippen LogP contribution in [0.2, 0.25) is 0 Å². The third-order valence-corrected chi connectivity index (χ3v) is 2.99. The van der Waals surface area contributed by atoms with Crippen molar-refractivity contribution in [2.75, 3.05) is 19.5 Å². The predicted octanol–water partition coefficient (Wildman–Crippen LogP) is 2.88. The molecule has 23 heavy (non-hydrogen) atoms. The second-order valence-corrected chi connectivity index (χ2v) is 4.67. The summed E-state index contributed by atoms with van der Waals surface area (Å²) in [6, 6.07) is 11.4. The van der Waals surface area contributed by atoms with Crippen molar-refractivity contribution in [1.29, 1.82) is 0 Å². The second kappa shape index (κ2) is 7.31. The highest BCUT2D eigenvalue weighted by atomic mass is 16.5. The minimum atomic E-state index is -0.411. The van der Waals surface area contributed by atoms with Crippen LogP contribution < -0.4 is 19.5 Å². The molecule has 0 saturated carbocycles. The van der Waals surface area contributed by atoms with E-state index in [-0.39, 0.29) is 5.91 Å². The largest absolute Gasteiger partial charge is 0.497 e. The normalized spacial score (nSPS) is 9.87. The molecule has 2 rings (SSSR count). The Kier molecular flexibility index (Phi) is 5.19. The lowest BCUT2D eigenvalue weighted by molar-refractivity contribution is -0.131. The highest BCUT2D eigenvalue weighted by Crippen LogP contribution is 2.26. The van der Waals surface area contributed by atoms with Crippen LogP contribution >= 0.6 is 0 Å². The van der Waals surface area contributed by atoms with Crippen molar-refractivity contribution in [3.63, 3.8) is 0 Å². The van der Waals surface area contributed by atoms with Crippen LogP contribution in [0, 0.1) is 0 Å². The molecule has 2 aromatic rings. The number of rotatable bonds is 5. The molecule has 0 atom stereocenters. The molecule has 0 radical (unpaired) electrons. The topological polar surface area (TPSA) is 73.9 Å². The molecule has 0 unspecified atom stereocenters. The van der Waals surface area contributed by atoms with E-state index in [1.54, 1.807) is 42.5 Å². The summed E-state index contributed by atoms with van der Waals surface area (Å²) in [5.74, 6) is 0.826. The van der Waals surface area contributed by atoms with Crippen molar-refractivity contribution < 1.29 is 23.8 Å². The number of ether oxygens (including phenoxy) is 3. The van der Waals surface area contributed by atoms with E-state index in [0.717, 1.165) is 0 Å². The van der Waals surface area contributed by atoms with Gasteiger partial charge in [0.2, 0.25) is 0 Å². The zero-order chi connectivity index (χ0) is 16.8. The number of benzene rings is 2. The molecular formula is C17H17NO5. The Labute approximate surface area is 134 Å². The fourth-order valence-corrected chi connectivity index (χ4v) is 1.92. The van der Waals surface area contributed by atoms with E-state index < -0.39 is 5.97 Å². The van der Waals surface area contributed by atoms with Gasteiger partial charge in [0.05, 0.1) is 14.2 Å². The first-order chi connectivity index (χ1) is 11.0. The van der Waals surface area contributed by atoms with E-state index in [2.05, 4.69) is 5.32 Å². The van der Waals surface area contributed by atoms with Gasteiger partial charge in [-0.05, 0) is 24.3 Å². The molecule has 1 amide bonds. The maximum absolute atomic E-state index is 12.2. The van der Waals surface area contributed by atoms with Crippen LogP contribution in [0.3, 0.4) is 0 Å². The highest BCUT2D eigenvalue weighted by Gasteiger charge is 2.09. The van der Waals surface area contributed by atoms with Crippen LogP contribution in [-0.2, 0) is 4.79 Å². The maximum Gasteiger partial charge on any atom is 0.308 e. The van der Waals surface area contributed by atoms with Gasteiger partial charge in [-0.2, -0.15) is 0 Å². The monoisotopic (exact) mass is 315 g/mol. The lowest BCUT2D eigenvalue weighted by atomic mass is 10.2. The SMILES string of the molecule is COc1cc(NC(=O)c2ccc(OC(C)=O)cc2)cc(OC)c1. The van der Waals surface area contributed by atoms with Crippen molar-refractivity contribution in [3.05, 3.63) is 48.0 Å². The lowest BCUT2D eigenvalue weighted by Gasteiger charge is -2.10. The Hall–Kier alpha value is -3.02. The summed E-state index contributed by atoms with van der Waals surface area (Å²) in [4.78, 5) is 23.1. The molecule has 0 aliphatic carbocycles. The number of hydrogen-bond acceptors (Lipinski definition) is 5. The Morgan fingerprint density at radius 1 is 0.870 bits per heavy atom. The highest BCUT2D eigenvalue weighted by molar-refractivity contribution is 6.04. The van der Waals surface area contributed by atoms with Gasteiger partial charge in [-0.3, -0.25) is 9.59 Å². The molecule has 0 fully saturated rings. The first-order valence-electron chi connectivity index (χ1n) is 6.84. The van der Waals surface area contributed by atoms with E-state index in [4.69, 9.17) is 14.2 Å². The molecule has 6 heteroatoms. The Bertz CT molecular complexity index is 687. The lowest BCUT2D eigenvalue weighted by Crippen LogP contribution is -2.12. The number of carbonyl (C=O) groups is 2. The standard InChI is InChI=1S/C17H17NO5/c1-11(19)23-14-6-4-12(5-7-14)17(20)18-13-8-15(21-2)10-16(9-13)22-3/h4-10H,1-3H3,(H,18,20). The first-order valence-corrected chi connectivity index (χ1v) is 6.84. The molecule has 2 aromatic carbocycles. The van der Waals surface area contributed by atoms with E-state index in [0.29, 0.717) is 28.5 Å². The van der Waals surface area contributed by atoms with Crippen LogP contribution in [0.5, 0.6) is 17.2 Å². The Morgan fingerprint density at radius 2 is 1.43 bits per heavy atom. The Balaban J connectivity index is 2.13. The summed E-state index contributed by atoms with van der Waals surface area (Å²) in [5, 5.41) is 2.76. The van der Waals surface area contributed by atoms with Crippen LogP contribution in [-0.4, -0.2) is 26.1 Å². The van der Waals surface area contributed by atoms with E-state index >= 15 is 0 Å². The van der Waals surface area contributed by atoms with Crippen LogP contribution in [0.4, 0.5) is 5.69 Å². The molecule has 1 N–H and O–H groups in total. The molecule has 6 nitrogen and oxygen atoms in total. The molecular weight excluding hydrogens is 298 g/mol. The average Bonchev–Trinajstić information content (AvgIpc) is 2.54. The molecule has 0 aromatic heterocycles. The number of nitrogens with one attached hydrogen (secondary N) is 1. The quantitative estimate of drug-likeness (QED) is 0.678. The minimum absolute atomic E-state index is 0.297. The maximum atomic E-state index is 12.2. The molecule has 0 bridgehead atoms. The molecule has 0 heterocycles. The van der Waals surface area contributed by atoms with Gasteiger partial charge in [0.15, 0.2) is 0 Å². The van der Waals surface area contributed by atoms with Gasteiger partial charge in [-0.15, -0.1) is 0 Å². The predicted molar refractivity (Wildman–Crippen MR) is 85.3 cm³/mol. The number of methoxy groups -OCH3 is 2. The van der Waals surface area contributed by atoms with Gasteiger partial charge >= 0.3 is 5.97 Å². The fraction of sp³-hybridized carbons (Fsp3) is 0.176. The van der Waals surface area contributed by atoms with Gasteiger partial charge in [-0.25, -0.2) is 0 Å². The number of esters is 1. The fourth-order valence-electron chi connectivity index (χ4n) is 1.92. The van der Waals surface area contributed by atoms with Gasteiger partial charge < -0.3 is 19.5 Å². The minimum Gasteiger partial charge on any atom is -0.497 e. The summed E-state index contributed by atoms with van der Waals surface area (Å²) in [5.41, 5.74) is 0.984. The molecule has 0 aliphatic rings. The third kappa shape index (κ3) is 4.47. The summed E-state index contributed by atoms with van der Waals surface area (Å²) < 4.78 is 15.2. The average molecular weight is 315 g/mol. The molecule has 0 aliphatic heterocycles. The van der Waals surface area contributed by atoms with E-state index in [1.165, 1.54) is 21.1 Å². The van der Waals surface area contributed by atoms with Gasteiger partial charge in [0.25, 0.3) is 5.91 Å². The number of anilines is 1. The van der Waals surface area contributed by atoms with Crippen LogP contribution in [0.1, 0.15) is 17.3 Å². The summed E-state index contributed by atoms with van der Waals surface area (Å²) in [6.45, 7) is 1.32. The molecule has 0 spiro atoms. The summed E-state index contributed by atoms with van der Waals surface area (Å²) >= 11 is 0. The molecule has 120 valence electrons. The molecule has 0 saturated heterocycles. The second-order valence-electron chi connectivity index (χ2n) is 4.67. The van der Waals surface area contributed by atoms with Gasteiger partial charge in [0, 0.05) is 36.4 Å². The van der Waals surface area contributed by atoms with Gasteiger partial charge in [-0.1, -0.05) is 0 Å². The smallest absolute Gasteiger partial charge is 0.308 e. The number of hydrogen-bond donors (Lipinski definition) is 1. The van der Waals surface area contributed by atoms with Gasteiger partial charge in [0.1, 0.15) is 17.2 Å². The van der Waals surface area contributed by atoms with Crippen LogP contribution in [0.25, 0.3) is 0 Å². The third-order valence-electron chi connectivity index (χ3n) is 2.99. The van der Waals surface area contributed by atoms with Crippen LogP contribution in [0.15, 0.2) is 42.5 Å². The first kappa shape index (κ1) is 16.4. The summed E-state index contributed by atoms with van der Waals surface area (Å²) in [7, 11) is 3.07. The zero-order valence-electron chi connectivity index (χ0n) is 13.1. The van der Waals surface area contributed by atoms with Crippen molar-refractivity contribution in [1.82, 2.24) is 0 Å². The van der Waals surface area contributed by atoms with Crippen molar-refractivity contribution >= 4 is 17.6 Å². The van der Waals surface area contributed by atoms with Crippen molar-refractivity contribution in [3.8, 4) is 17.2 Å². The van der Waals surface area contributed by atoms with E-state index in [1.807, 2.05) is 0 Å². The Morgan fingerprint density at radius 3 is 1.91 bits per heavy atom. The number of amides is 1.